The monoisotopic (exact) mass is 317 g/mol. The summed E-state index contributed by atoms with van der Waals surface area (Å²) in [4.78, 5) is 12.7. The molecule has 0 saturated carbocycles. The second-order valence-corrected chi connectivity index (χ2v) is 6.77. The predicted molar refractivity (Wildman–Crippen MR) is 94.2 cm³/mol. The number of allylic oxidation sites excluding steroid dienone is 1. The minimum atomic E-state index is -0.727. The maximum Gasteiger partial charge on any atom is 0.303 e. The zero-order valence-corrected chi connectivity index (χ0v) is 14.6. The summed E-state index contributed by atoms with van der Waals surface area (Å²) in [5.74, 6) is 0.151. The molecule has 1 aliphatic rings. The second-order valence-electron chi connectivity index (χ2n) is 6.77. The maximum atomic E-state index is 10.5. The van der Waals surface area contributed by atoms with E-state index < -0.39 is 5.97 Å². The lowest BCUT2D eigenvalue weighted by atomic mass is 9.89. The molecular weight excluding hydrogens is 290 g/mol. The average Bonchev–Trinajstić information content (AvgIpc) is 2.48. The van der Waals surface area contributed by atoms with E-state index in [1.165, 1.54) is 16.8 Å². The highest BCUT2D eigenvalue weighted by Gasteiger charge is 2.28. The van der Waals surface area contributed by atoms with Gasteiger partial charge in [-0.05, 0) is 63.8 Å². The topological polar surface area (TPSA) is 49.8 Å². The van der Waals surface area contributed by atoms with Gasteiger partial charge in [-0.2, -0.15) is 0 Å². The predicted octanol–water partition coefficient (Wildman–Crippen LogP) is 4.34. The summed E-state index contributed by atoms with van der Waals surface area (Å²) < 4.78 is 5.82. The highest BCUT2D eigenvalue weighted by Crippen LogP contribution is 2.39. The van der Waals surface area contributed by atoms with Crippen molar-refractivity contribution in [1.29, 1.82) is 0 Å². The van der Waals surface area contributed by atoms with Gasteiger partial charge in [0, 0.05) is 24.7 Å². The van der Waals surface area contributed by atoms with E-state index in [1.54, 1.807) is 0 Å². The number of likely N-dealkylation sites (N-methyl/N-ethyl adjacent to an activating group) is 1. The molecule has 0 atom stereocenters. The number of rotatable bonds is 7. The first-order valence-electron chi connectivity index (χ1n) is 8.23. The highest BCUT2D eigenvalue weighted by atomic mass is 16.5. The van der Waals surface area contributed by atoms with Gasteiger partial charge in [0.05, 0.1) is 12.1 Å². The molecule has 0 aromatic heterocycles. The number of carboxylic acid groups (broad SMARTS) is 1. The molecule has 23 heavy (non-hydrogen) atoms. The molecule has 126 valence electrons. The van der Waals surface area contributed by atoms with E-state index >= 15 is 0 Å². The van der Waals surface area contributed by atoms with Crippen LogP contribution in [-0.2, 0) is 4.79 Å². The van der Waals surface area contributed by atoms with Crippen molar-refractivity contribution in [3.05, 3.63) is 29.8 Å². The highest BCUT2D eigenvalue weighted by molar-refractivity contribution is 5.81. The summed E-state index contributed by atoms with van der Waals surface area (Å²) in [5.41, 5.74) is 3.73. The summed E-state index contributed by atoms with van der Waals surface area (Å²) in [6.07, 6.45) is 5.00. The molecule has 1 aliphatic heterocycles. The number of unbranched alkanes of at least 4 members (excludes halogenated alkanes) is 2. The molecule has 1 heterocycles. The summed E-state index contributed by atoms with van der Waals surface area (Å²) in [5, 5.41) is 8.60. The van der Waals surface area contributed by atoms with Crippen molar-refractivity contribution >= 4 is 17.2 Å². The molecule has 1 aromatic carbocycles. The Balaban J connectivity index is 1.94. The molecule has 0 fully saturated rings. The van der Waals surface area contributed by atoms with Crippen LogP contribution in [0.2, 0.25) is 0 Å². The second kappa shape index (κ2) is 7.07. The first kappa shape index (κ1) is 17.4. The first-order chi connectivity index (χ1) is 10.8. The number of hydrogen-bond donors (Lipinski definition) is 1. The Morgan fingerprint density at radius 3 is 2.70 bits per heavy atom. The van der Waals surface area contributed by atoms with Gasteiger partial charge in [0.15, 0.2) is 0 Å². The third-order valence-electron chi connectivity index (χ3n) is 4.49. The molecule has 0 aliphatic carbocycles. The van der Waals surface area contributed by atoms with E-state index in [0.717, 1.165) is 18.6 Å². The minimum Gasteiger partial charge on any atom is -0.494 e. The number of anilines is 1. The van der Waals surface area contributed by atoms with E-state index in [1.807, 2.05) is 6.07 Å². The smallest absolute Gasteiger partial charge is 0.303 e. The van der Waals surface area contributed by atoms with Gasteiger partial charge in [0.2, 0.25) is 0 Å². The molecular formula is C19H27NO3. The number of fused-ring (bicyclic) bond motifs is 1. The Morgan fingerprint density at radius 2 is 2.00 bits per heavy atom. The quantitative estimate of drug-likeness (QED) is 0.760. The fourth-order valence-corrected chi connectivity index (χ4v) is 2.97. The number of nitrogens with zero attached hydrogens (tertiary/aromatic N) is 1. The van der Waals surface area contributed by atoms with Crippen molar-refractivity contribution in [2.24, 2.45) is 0 Å². The molecule has 0 bridgehead atoms. The van der Waals surface area contributed by atoms with Gasteiger partial charge >= 0.3 is 5.97 Å². The molecule has 0 radical (unpaired) electrons. The molecule has 0 amide bonds. The van der Waals surface area contributed by atoms with E-state index in [2.05, 4.69) is 50.9 Å². The molecule has 1 N–H and O–H groups in total. The van der Waals surface area contributed by atoms with Gasteiger partial charge in [0.1, 0.15) is 5.75 Å². The van der Waals surface area contributed by atoms with Crippen LogP contribution in [0.1, 0.15) is 52.0 Å². The Kier molecular flexibility index (Phi) is 5.34. The van der Waals surface area contributed by atoms with Crippen molar-refractivity contribution in [2.45, 2.75) is 52.0 Å². The van der Waals surface area contributed by atoms with Crippen LogP contribution >= 0.6 is 0 Å². The molecule has 0 saturated heterocycles. The largest absolute Gasteiger partial charge is 0.494 e. The standard InChI is InChI=1S/C19H27NO3/c1-14-13-19(2,3)20(4)17-10-9-15(12-16(14)17)23-11-7-5-6-8-18(21)22/h9-10,12-13H,5-8,11H2,1-4H3,(H,21,22). The average molecular weight is 317 g/mol. The molecule has 4 heteroatoms. The summed E-state index contributed by atoms with van der Waals surface area (Å²) in [7, 11) is 2.12. The van der Waals surface area contributed by atoms with Crippen LogP contribution in [0.25, 0.3) is 5.57 Å². The van der Waals surface area contributed by atoms with Crippen LogP contribution in [0.4, 0.5) is 5.69 Å². The molecule has 4 nitrogen and oxygen atoms in total. The zero-order chi connectivity index (χ0) is 17.0. The SMILES string of the molecule is CC1=CC(C)(C)N(C)c2ccc(OCCCCCC(=O)O)cc21. The van der Waals surface area contributed by atoms with Gasteiger partial charge in [-0.25, -0.2) is 0 Å². The maximum absolute atomic E-state index is 10.5. The van der Waals surface area contributed by atoms with E-state index in [0.29, 0.717) is 13.0 Å². The van der Waals surface area contributed by atoms with Gasteiger partial charge in [-0.1, -0.05) is 6.08 Å². The van der Waals surface area contributed by atoms with E-state index in [-0.39, 0.29) is 12.0 Å². The number of carbonyl (C=O) groups is 1. The Bertz CT molecular complexity index is 605. The van der Waals surface area contributed by atoms with Crippen molar-refractivity contribution < 1.29 is 14.6 Å². The Morgan fingerprint density at radius 1 is 1.26 bits per heavy atom. The zero-order valence-electron chi connectivity index (χ0n) is 14.6. The van der Waals surface area contributed by atoms with Crippen LogP contribution < -0.4 is 9.64 Å². The number of aliphatic carboxylic acids is 1. The van der Waals surface area contributed by atoms with Crippen molar-refractivity contribution in [3.63, 3.8) is 0 Å². The number of benzene rings is 1. The van der Waals surface area contributed by atoms with Crippen LogP contribution in [0.15, 0.2) is 24.3 Å². The Hall–Kier alpha value is -1.97. The minimum absolute atomic E-state index is 0.0175. The van der Waals surface area contributed by atoms with Crippen LogP contribution in [0.3, 0.4) is 0 Å². The van der Waals surface area contributed by atoms with Gasteiger partial charge < -0.3 is 14.7 Å². The third kappa shape index (κ3) is 4.27. The fraction of sp³-hybridized carbons (Fsp3) is 0.526. The summed E-state index contributed by atoms with van der Waals surface area (Å²) >= 11 is 0. The van der Waals surface area contributed by atoms with Crippen molar-refractivity contribution in [3.8, 4) is 5.75 Å². The van der Waals surface area contributed by atoms with Crippen LogP contribution in [0.5, 0.6) is 5.75 Å². The first-order valence-corrected chi connectivity index (χ1v) is 8.23. The number of ether oxygens (including phenoxy) is 1. The third-order valence-corrected chi connectivity index (χ3v) is 4.49. The molecule has 1 aromatic rings. The van der Waals surface area contributed by atoms with Gasteiger partial charge in [0.25, 0.3) is 0 Å². The summed E-state index contributed by atoms with van der Waals surface area (Å²) in [6, 6.07) is 6.23. The van der Waals surface area contributed by atoms with E-state index in [9.17, 15) is 4.79 Å². The lowest BCUT2D eigenvalue weighted by Crippen LogP contribution is -2.41. The lowest BCUT2D eigenvalue weighted by Gasteiger charge is -2.40. The molecule has 0 unspecified atom stereocenters. The Labute approximate surface area is 138 Å². The normalized spacial score (nSPS) is 15.8. The van der Waals surface area contributed by atoms with Crippen LogP contribution in [0, 0.1) is 0 Å². The van der Waals surface area contributed by atoms with Crippen molar-refractivity contribution in [1.82, 2.24) is 0 Å². The van der Waals surface area contributed by atoms with Crippen molar-refractivity contribution in [2.75, 3.05) is 18.6 Å². The summed E-state index contributed by atoms with van der Waals surface area (Å²) in [6.45, 7) is 7.19. The van der Waals surface area contributed by atoms with E-state index in [4.69, 9.17) is 9.84 Å². The lowest BCUT2D eigenvalue weighted by molar-refractivity contribution is -0.137. The molecule has 0 spiro atoms. The fourth-order valence-electron chi connectivity index (χ4n) is 2.97. The molecule has 2 rings (SSSR count). The van der Waals surface area contributed by atoms with Crippen LogP contribution in [-0.4, -0.2) is 30.3 Å². The van der Waals surface area contributed by atoms with Gasteiger partial charge in [-0.15, -0.1) is 0 Å². The van der Waals surface area contributed by atoms with Gasteiger partial charge in [-0.3, -0.25) is 4.79 Å². The number of hydrogen-bond acceptors (Lipinski definition) is 3. The number of carboxylic acids is 1.